The van der Waals surface area contributed by atoms with Gasteiger partial charge in [0.05, 0.1) is 6.61 Å². The molecule has 102 valence electrons. The lowest BCUT2D eigenvalue weighted by Crippen LogP contribution is -2.34. The summed E-state index contributed by atoms with van der Waals surface area (Å²) < 4.78 is 1.10. The maximum atomic E-state index is 9.11. The van der Waals surface area contributed by atoms with Gasteiger partial charge in [-0.25, -0.2) is 0 Å². The summed E-state index contributed by atoms with van der Waals surface area (Å²) in [6, 6.07) is 8.99. The molecule has 0 spiro atoms. The van der Waals surface area contributed by atoms with Crippen LogP contribution in [0.5, 0.6) is 0 Å². The lowest BCUT2D eigenvalue weighted by atomic mass is 10.0. The van der Waals surface area contributed by atoms with Gasteiger partial charge in [0, 0.05) is 23.1 Å². The maximum absolute atomic E-state index is 9.11. The number of nitrogens with zero attached hydrogens (tertiary/aromatic N) is 1. The molecule has 4 heteroatoms. The van der Waals surface area contributed by atoms with E-state index in [1.54, 1.807) is 0 Å². The Morgan fingerprint density at radius 3 is 2.44 bits per heavy atom. The van der Waals surface area contributed by atoms with Crippen LogP contribution in [0.25, 0.3) is 0 Å². The highest BCUT2D eigenvalue weighted by Crippen LogP contribution is 2.19. The smallest absolute Gasteiger partial charge is 0.0584 e. The molecule has 0 aromatic heterocycles. The van der Waals surface area contributed by atoms with Crippen LogP contribution < -0.4 is 5.32 Å². The van der Waals surface area contributed by atoms with Crippen molar-refractivity contribution in [1.29, 1.82) is 0 Å². The topological polar surface area (TPSA) is 35.5 Å². The van der Waals surface area contributed by atoms with Crippen molar-refractivity contribution < 1.29 is 5.11 Å². The first-order valence-corrected chi connectivity index (χ1v) is 7.11. The Morgan fingerprint density at radius 2 is 1.94 bits per heavy atom. The third-order valence-corrected chi connectivity index (χ3v) is 3.94. The summed E-state index contributed by atoms with van der Waals surface area (Å²) in [7, 11) is 4.04. The van der Waals surface area contributed by atoms with E-state index in [9.17, 15) is 0 Å². The maximum Gasteiger partial charge on any atom is 0.0584 e. The number of benzene rings is 1. The molecule has 0 bridgehead atoms. The molecule has 0 fully saturated rings. The minimum absolute atomic E-state index is 0.207. The zero-order chi connectivity index (χ0) is 13.5. The predicted octanol–water partition coefficient (Wildman–Crippen LogP) is 2.41. The second-order valence-electron chi connectivity index (χ2n) is 4.69. The Labute approximate surface area is 118 Å². The van der Waals surface area contributed by atoms with Crippen molar-refractivity contribution in [3.63, 3.8) is 0 Å². The van der Waals surface area contributed by atoms with Gasteiger partial charge in [0.15, 0.2) is 0 Å². The van der Waals surface area contributed by atoms with E-state index >= 15 is 0 Å². The van der Waals surface area contributed by atoms with Crippen molar-refractivity contribution >= 4 is 15.9 Å². The highest BCUT2D eigenvalue weighted by Gasteiger charge is 2.12. The Hall–Kier alpha value is -0.420. The number of rotatable bonds is 7. The van der Waals surface area contributed by atoms with Crippen LogP contribution in [0.4, 0.5) is 0 Å². The molecule has 0 saturated heterocycles. The first-order valence-electron chi connectivity index (χ1n) is 6.32. The molecule has 18 heavy (non-hydrogen) atoms. The summed E-state index contributed by atoms with van der Waals surface area (Å²) in [5.41, 5.74) is 1.30. The lowest BCUT2D eigenvalue weighted by Gasteiger charge is -2.25. The molecule has 2 atom stereocenters. The van der Waals surface area contributed by atoms with Crippen LogP contribution in [0.3, 0.4) is 0 Å². The first kappa shape index (κ1) is 15.6. The van der Waals surface area contributed by atoms with Crippen molar-refractivity contribution in [3.05, 3.63) is 34.3 Å². The number of hydrogen-bond acceptors (Lipinski definition) is 3. The van der Waals surface area contributed by atoms with Crippen LogP contribution in [-0.4, -0.2) is 43.3 Å². The second kappa shape index (κ2) is 7.89. The van der Waals surface area contributed by atoms with Gasteiger partial charge in [0.25, 0.3) is 0 Å². The van der Waals surface area contributed by atoms with E-state index in [0.717, 1.165) is 17.4 Å². The van der Waals surface area contributed by atoms with E-state index in [2.05, 4.69) is 57.5 Å². The minimum Gasteiger partial charge on any atom is -0.395 e. The molecule has 0 radical (unpaired) electrons. The van der Waals surface area contributed by atoms with Gasteiger partial charge in [-0.2, -0.15) is 0 Å². The standard InChI is InChI=1S/C14H23BrN2O/c1-11(10-18)17(3)9-8-14(16-2)12-4-6-13(15)7-5-12/h4-7,11,14,16,18H,8-10H2,1-3H3. The summed E-state index contributed by atoms with van der Waals surface area (Å²) in [5.74, 6) is 0. The Morgan fingerprint density at radius 1 is 1.33 bits per heavy atom. The van der Waals surface area contributed by atoms with Gasteiger partial charge in [-0.05, 0) is 45.1 Å². The SMILES string of the molecule is CNC(CCN(C)C(C)CO)c1ccc(Br)cc1. The average molecular weight is 315 g/mol. The first-order chi connectivity index (χ1) is 8.58. The molecule has 1 rings (SSSR count). The fourth-order valence-corrected chi connectivity index (χ4v) is 2.13. The highest BCUT2D eigenvalue weighted by molar-refractivity contribution is 9.10. The third-order valence-electron chi connectivity index (χ3n) is 3.41. The van der Waals surface area contributed by atoms with Gasteiger partial charge >= 0.3 is 0 Å². The second-order valence-corrected chi connectivity index (χ2v) is 5.61. The van der Waals surface area contributed by atoms with Crippen LogP contribution in [0, 0.1) is 0 Å². The van der Waals surface area contributed by atoms with E-state index < -0.39 is 0 Å². The third kappa shape index (κ3) is 4.69. The van der Waals surface area contributed by atoms with E-state index in [1.165, 1.54) is 5.56 Å². The van der Waals surface area contributed by atoms with Crippen molar-refractivity contribution in [1.82, 2.24) is 10.2 Å². The fourth-order valence-electron chi connectivity index (χ4n) is 1.87. The monoisotopic (exact) mass is 314 g/mol. The molecule has 0 aliphatic carbocycles. The number of aliphatic hydroxyl groups is 1. The van der Waals surface area contributed by atoms with Gasteiger partial charge in [-0.1, -0.05) is 28.1 Å². The van der Waals surface area contributed by atoms with Crippen molar-refractivity contribution in [3.8, 4) is 0 Å². The van der Waals surface area contributed by atoms with Crippen molar-refractivity contribution in [2.75, 3.05) is 27.2 Å². The van der Waals surface area contributed by atoms with Gasteiger partial charge in [0.1, 0.15) is 0 Å². The van der Waals surface area contributed by atoms with Gasteiger partial charge in [0.2, 0.25) is 0 Å². The minimum atomic E-state index is 0.207. The molecule has 0 heterocycles. The van der Waals surface area contributed by atoms with Crippen molar-refractivity contribution in [2.45, 2.75) is 25.4 Å². The summed E-state index contributed by atoms with van der Waals surface area (Å²) in [6.07, 6.45) is 1.03. The normalized spacial score (nSPS) is 14.8. The van der Waals surface area contributed by atoms with E-state index in [-0.39, 0.29) is 12.6 Å². The molecule has 0 aliphatic rings. The summed E-state index contributed by atoms with van der Waals surface area (Å²) >= 11 is 3.45. The Bertz CT molecular complexity index is 342. The quantitative estimate of drug-likeness (QED) is 0.811. The van der Waals surface area contributed by atoms with Crippen LogP contribution in [0.15, 0.2) is 28.7 Å². The van der Waals surface area contributed by atoms with E-state index in [1.807, 2.05) is 14.0 Å². The van der Waals surface area contributed by atoms with Crippen LogP contribution in [-0.2, 0) is 0 Å². The molecule has 0 amide bonds. The molecule has 1 aromatic rings. The fraction of sp³-hybridized carbons (Fsp3) is 0.571. The molecule has 0 aliphatic heterocycles. The molecular weight excluding hydrogens is 292 g/mol. The van der Waals surface area contributed by atoms with Crippen molar-refractivity contribution in [2.24, 2.45) is 0 Å². The van der Waals surface area contributed by atoms with Gasteiger partial charge in [-0.3, -0.25) is 0 Å². The Kier molecular flexibility index (Phi) is 6.86. The molecule has 1 aromatic carbocycles. The predicted molar refractivity (Wildman–Crippen MR) is 79.7 cm³/mol. The summed E-state index contributed by atoms with van der Waals surface area (Å²) in [5, 5.41) is 12.5. The van der Waals surface area contributed by atoms with Gasteiger partial charge < -0.3 is 15.3 Å². The number of aliphatic hydroxyl groups excluding tert-OH is 1. The molecule has 2 N–H and O–H groups in total. The largest absolute Gasteiger partial charge is 0.395 e. The zero-order valence-corrected chi connectivity index (χ0v) is 12.9. The number of nitrogens with one attached hydrogen (secondary N) is 1. The van der Waals surface area contributed by atoms with Gasteiger partial charge in [-0.15, -0.1) is 0 Å². The summed E-state index contributed by atoms with van der Waals surface area (Å²) in [6.45, 7) is 3.20. The lowest BCUT2D eigenvalue weighted by molar-refractivity contribution is 0.154. The van der Waals surface area contributed by atoms with E-state index in [4.69, 9.17) is 5.11 Å². The highest BCUT2D eigenvalue weighted by atomic mass is 79.9. The van der Waals surface area contributed by atoms with Crippen LogP contribution in [0.2, 0.25) is 0 Å². The molecular formula is C14H23BrN2O. The molecule has 2 unspecified atom stereocenters. The number of likely N-dealkylation sites (N-methyl/N-ethyl adjacent to an activating group) is 1. The average Bonchev–Trinajstić information content (AvgIpc) is 2.40. The Balaban J connectivity index is 2.54. The summed E-state index contributed by atoms with van der Waals surface area (Å²) in [4.78, 5) is 2.18. The van der Waals surface area contributed by atoms with Crippen LogP contribution >= 0.6 is 15.9 Å². The number of halogens is 1. The molecule has 3 nitrogen and oxygen atoms in total. The number of hydrogen-bond donors (Lipinski definition) is 2. The molecule has 0 saturated carbocycles. The van der Waals surface area contributed by atoms with Crippen LogP contribution in [0.1, 0.15) is 24.9 Å². The zero-order valence-electron chi connectivity index (χ0n) is 11.4. The van der Waals surface area contributed by atoms with E-state index in [0.29, 0.717) is 6.04 Å².